The lowest BCUT2D eigenvalue weighted by molar-refractivity contribution is 0.0940. The number of benzene rings is 2. The van der Waals surface area contributed by atoms with Crippen molar-refractivity contribution in [2.24, 2.45) is 7.05 Å². The number of hydrogen-bond acceptors (Lipinski definition) is 4. The number of aryl methyl sites for hydroxylation is 1. The fraction of sp³-hybridized carbons (Fsp3) is 0.273. The number of rotatable bonds is 8. The number of carbonyl (C=O) groups is 1. The molecule has 0 bridgehead atoms. The molecule has 7 heteroatoms. The summed E-state index contributed by atoms with van der Waals surface area (Å²) in [5.41, 5.74) is 1.36. The van der Waals surface area contributed by atoms with Crippen molar-refractivity contribution in [3.8, 4) is 11.5 Å². The maximum Gasteiger partial charge on any atom is 0.252 e. The predicted molar refractivity (Wildman–Crippen MR) is 113 cm³/mol. The second-order valence-corrected chi connectivity index (χ2v) is 6.82. The van der Waals surface area contributed by atoms with E-state index in [1.54, 1.807) is 36.5 Å². The lowest BCUT2D eigenvalue weighted by Crippen LogP contribution is -2.31. The molecule has 1 amide bonds. The standard InChI is InChI=1S/C22H24ClN3O3/c1-4-28-18-11-8-16(14-19(18)29-5-2)22(27)25-20(21-24-12-13-26(21)3)15-6-9-17(23)10-7-15/h6-14,20H,4-5H2,1-3H3,(H,25,27)/t20-/m1/s1. The predicted octanol–water partition coefficient (Wildman–Crippen LogP) is 4.39. The summed E-state index contributed by atoms with van der Waals surface area (Å²) < 4.78 is 13.1. The Balaban J connectivity index is 1.91. The van der Waals surface area contributed by atoms with Gasteiger partial charge in [0.2, 0.25) is 0 Å². The van der Waals surface area contributed by atoms with Crippen molar-refractivity contribution in [1.82, 2.24) is 14.9 Å². The third-order valence-corrected chi connectivity index (χ3v) is 4.65. The number of carbonyl (C=O) groups excluding carboxylic acids is 1. The van der Waals surface area contributed by atoms with Gasteiger partial charge >= 0.3 is 0 Å². The van der Waals surface area contributed by atoms with E-state index in [9.17, 15) is 4.79 Å². The first-order chi connectivity index (χ1) is 14.0. The van der Waals surface area contributed by atoms with Gasteiger partial charge in [0.25, 0.3) is 5.91 Å². The summed E-state index contributed by atoms with van der Waals surface area (Å²) in [7, 11) is 1.89. The van der Waals surface area contributed by atoms with Crippen molar-refractivity contribution in [2.45, 2.75) is 19.9 Å². The van der Waals surface area contributed by atoms with Crippen LogP contribution in [-0.4, -0.2) is 28.7 Å². The van der Waals surface area contributed by atoms with E-state index < -0.39 is 6.04 Å². The van der Waals surface area contributed by atoms with Gasteiger partial charge < -0.3 is 19.4 Å². The average molecular weight is 414 g/mol. The molecule has 6 nitrogen and oxygen atoms in total. The minimum absolute atomic E-state index is 0.239. The Bertz CT molecular complexity index is 970. The van der Waals surface area contributed by atoms with E-state index in [4.69, 9.17) is 21.1 Å². The topological polar surface area (TPSA) is 65.4 Å². The van der Waals surface area contributed by atoms with Crippen molar-refractivity contribution in [2.75, 3.05) is 13.2 Å². The summed E-state index contributed by atoms with van der Waals surface area (Å²) in [6.07, 6.45) is 3.54. The van der Waals surface area contributed by atoms with Crippen molar-refractivity contribution in [1.29, 1.82) is 0 Å². The van der Waals surface area contributed by atoms with Crippen LogP contribution >= 0.6 is 11.6 Å². The summed E-state index contributed by atoms with van der Waals surface area (Å²) in [4.78, 5) is 17.5. The molecule has 0 fully saturated rings. The summed E-state index contributed by atoms with van der Waals surface area (Å²) in [5, 5.41) is 3.70. The van der Waals surface area contributed by atoms with Crippen molar-refractivity contribution < 1.29 is 14.3 Å². The van der Waals surface area contributed by atoms with Crippen LogP contribution in [0.2, 0.25) is 5.02 Å². The quantitative estimate of drug-likeness (QED) is 0.594. The molecule has 29 heavy (non-hydrogen) atoms. The molecule has 1 aromatic heterocycles. The van der Waals surface area contributed by atoms with Crippen LogP contribution in [0.3, 0.4) is 0 Å². The Kier molecular flexibility index (Phi) is 6.77. The van der Waals surface area contributed by atoms with E-state index in [0.717, 1.165) is 11.4 Å². The number of nitrogens with zero attached hydrogens (tertiary/aromatic N) is 2. The van der Waals surface area contributed by atoms with Crippen molar-refractivity contribution in [3.05, 3.63) is 76.8 Å². The first-order valence-electron chi connectivity index (χ1n) is 9.46. The number of amides is 1. The van der Waals surface area contributed by atoms with Crippen LogP contribution in [0, 0.1) is 0 Å². The normalized spacial score (nSPS) is 11.7. The summed E-state index contributed by atoms with van der Waals surface area (Å²) >= 11 is 6.03. The number of halogens is 1. The van der Waals surface area contributed by atoms with Crippen LogP contribution in [0.1, 0.15) is 41.6 Å². The molecule has 2 aromatic carbocycles. The van der Waals surface area contributed by atoms with Crippen LogP contribution in [-0.2, 0) is 7.05 Å². The highest BCUT2D eigenvalue weighted by molar-refractivity contribution is 6.30. The van der Waals surface area contributed by atoms with E-state index in [1.807, 2.05) is 43.8 Å². The first-order valence-corrected chi connectivity index (χ1v) is 9.84. The zero-order chi connectivity index (χ0) is 20.8. The van der Waals surface area contributed by atoms with Gasteiger partial charge in [0.1, 0.15) is 11.9 Å². The molecule has 0 spiro atoms. The highest BCUT2D eigenvalue weighted by atomic mass is 35.5. The molecule has 3 aromatic rings. The number of ether oxygens (including phenoxy) is 2. The van der Waals surface area contributed by atoms with Gasteiger partial charge in [-0.15, -0.1) is 0 Å². The first kappa shape index (κ1) is 20.7. The molecule has 0 aliphatic rings. The Morgan fingerprint density at radius 3 is 2.41 bits per heavy atom. The van der Waals surface area contributed by atoms with Gasteiger partial charge in [-0.25, -0.2) is 4.98 Å². The number of nitrogens with one attached hydrogen (secondary N) is 1. The molecule has 0 aliphatic heterocycles. The van der Waals surface area contributed by atoms with Crippen LogP contribution in [0.25, 0.3) is 0 Å². The average Bonchev–Trinajstić information content (AvgIpc) is 3.14. The maximum absolute atomic E-state index is 13.1. The van der Waals surface area contributed by atoms with E-state index >= 15 is 0 Å². The van der Waals surface area contributed by atoms with E-state index in [2.05, 4.69) is 10.3 Å². The van der Waals surface area contributed by atoms with Crippen molar-refractivity contribution in [3.63, 3.8) is 0 Å². The van der Waals surface area contributed by atoms with Gasteiger partial charge in [-0.2, -0.15) is 0 Å². The molecule has 0 saturated heterocycles. The fourth-order valence-electron chi connectivity index (χ4n) is 3.01. The van der Waals surface area contributed by atoms with E-state index in [-0.39, 0.29) is 5.91 Å². The zero-order valence-corrected chi connectivity index (χ0v) is 17.4. The summed E-state index contributed by atoms with van der Waals surface area (Å²) in [6.45, 7) is 4.79. The minimum atomic E-state index is -0.429. The minimum Gasteiger partial charge on any atom is -0.490 e. The van der Waals surface area contributed by atoms with Gasteiger partial charge in [0.15, 0.2) is 11.5 Å². The molecule has 0 saturated carbocycles. The molecule has 0 aliphatic carbocycles. The highest BCUT2D eigenvalue weighted by Gasteiger charge is 2.22. The Morgan fingerprint density at radius 2 is 1.79 bits per heavy atom. The Hall–Kier alpha value is -2.99. The molecule has 152 valence electrons. The summed E-state index contributed by atoms with van der Waals surface area (Å²) in [5.74, 6) is 1.64. The van der Waals surface area contributed by atoms with E-state index in [0.29, 0.717) is 35.3 Å². The van der Waals surface area contributed by atoms with Gasteiger partial charge in [-0.1, -0.05) is 23.7 Å². The molecule has 1 heterocycles. The number of imidazole rings is 1. The highest BCUT2D eigenvalue weighted by Crippen LogP contribution is 2.29. The SMILES string of the molecule is CCOc1ccc(C(=O)N[C@H](c2ccc(Cl)cc2)c2nccn2C)cc1OCC. The van der Waals surface area contributed by atoms with Gasteiger partial charge in [0.05, 0.1) is 13.2 Å². The molecule has 1 atom stereocenters. The number of aromatic nitrogens is 2. The van der Waals surface area contributed by atoms with Gasteiger partial charge in [-0.05, 0) is 49.7 Å². The molecule has 0 radical (unpaired) electrons. The second-order valence-electron chi connectivity index (χ2n) is 6.38. The van der Waals surface area contributed by atoms with E-state index in [1.165, 1.54) is 0 Å². The summed E-state index contributed by atoms with van der Waals surface area (Å²) in [6, 6.07) is 12.1. The van der Waals surface area contributed by atoms with Crippen LogP contribution in [0.15, 0.2) is 54.9 Å². The zero-order valence-electron chi connectivity index (χ0n) is 16.7. The van der Waals surface area contributed by atoms with Crippen LogP contribution in [0.5, 0.6) is 11.5 Å². The van der Waals surface area contributed by atoms with Crippen LogP contribution in [0.4, 0.5) is 0 Å². The number of hydrogen-bond donors (Lipinski definition) is 1. The molecule has 3 rings (SSSR count). The molecular weight excluding hydrogens is 390 g/mol. The fourth-order valence-corrected chi connectivity index (χ4v) is 3.14. The van der Waals surface area contributed by atoms with Crippen molar-refractivity contribution >= 4 is 17.5 Å². The molecule has 0 unspecified atom stereocenters. The molecule has 1 N–H and O–H groups in total. The Morgan fingerprint density at radius 1 is 1.10 bits per heavy atom. The monoisotopic (exact) mass is 413 g/mol. The lowest BCUT2D eigenvalue weighted by Gasteiger charge is -2.20. The van der Waals surface area contributed by atoms with Gasteiger partial charge in [-0.3, -0.25) is 4.79 Å². The smallest absolute Gasteiger partial charge is 0.252 e. The van der Waals surface area contributed by atoms with Crippen LogP contribution < -0.4 is 14.8 Å². The van der Waals surface area contributed by atoms with Gasteiger partial charge in [0, 0.05) is 30.0 Å². The largest absolute Gasteiger partial charge is 0.490 e. The maximum atomic E-state index is 13.1. The third-order valence-electron chi connectivity index (χ3n) is 4.40. The lowest BCUT2D eigenvalue weighted by atomic mass is 10.1. The Labute approximate surface area is 175 Å². The molecular formula is C22H24ClN3O3. The second kappa shape index (κ2) is 9.47. The third kappa shape index (κ3) is 4.90.